The highest BCUT2D eigenvalue weighted by atomic mass is 16.5. The predicted molar refractivity (Wildman–Crippen MR) is 79.0 cm³/mol. The molecule has 1 aromatic heterocycles. The summed E-state index contributed by atoms with van der Waals surface area (Å²) in [6.45, 7) is 4.13. The Labute approximate surface area is 126 Å². The molecule has 0 N–H and O–H groups in total. The lowest BCUT2D eigenvalue weighted by molar-refractivity contribution is -0.0819. The third-order valence-corrected chi connectivity index (χ3v) is 4.38. The van der Waals surface area contributed by atoms with E-state index in [9.17, 15) is 0 Å². The van der Waals surface area contributed by atoms with E-state index in [2.05, 4.69) is 9.88 Å². The first kappa shape index (κ1) is 14.9. The Morgan fingerprint density at radius 1 is 1.38 bits per heavy atom. The number of methoxy groups -OCH3 is 1. The van der Waals surface area contributed by atoms with Crippen molar-refractivity contribution in [2.24, 2.45) is 0 Å². The number of rotatable bonds is 6. The molecule has 5 nitrogen and oxygen atoms in total. The fourth-order valence-corrected chi connectivity index (χ4v) is 3.30. The summed E-state index contributed by atoms with van der Waals surface area (Å²) in [5.74, 6) is 0. The number of likely N-dealkylation sites (tertiary alicyclic amines) is 1. The first-order chi connectivity index (χ1) is 10.4. The van der Waals surface area contributed by atoms with Crippen molar-refractivity contribution >= 4 is 0 Å². The third kappa shape index (κ3) is 3.61. The van der Waals surface area contributed by atoms with Crippen molar-refractivity contribution in [2.45, 2.75) is 37.7 Å². The van der Waals surface area contributed by atoms with Crippen molar-refractivity contribution in [3.05, 3.63) is 30.1 Å². The highest BCUT2D eigenvalue weighted by molar-refractivity contribution is 5.08. The summed E-state index contributed by atoms with van der Waals surface area (Å²) in [5, 5.41) is 0. The van der Waals surface area contributed by atoms with Crippen LogP contribution in [0.25, 0.3) is 0 Å². The van der Waals surface area contributed by atoms with Crippen molar-refractivity contribution in [2.75, 3.05) is 33.4 Å². The molecule has 5 heteroatoms. The third-order valence-electron chi connectivity index (χ3n) is 4.38. The maximum absolute atomic E-state index is 6.13. The van der Waals surface area contributed by atoms with Crippen LogP contribution < -0.4 is 0 Å². The van der Waals surface area contributed by atoms with Gasteiger partial charge in [-0.3, -0.25) is 9.88 Å². The molecule has 0 amide bonds. The van der Waals surface area contributed by atoms with Crippen LogP contribution in [0.4, 0.5) is 0 Å². The predicted octanol–water partition coefficient (Wildman–Crippen LogP) is 1.48. The van der Waals surface area contributed by atoms with Gasteiger partial charge in [-0.25, -0.2) is 0 Å². The Morgan fingerprint density at radius 2 is 2.24 bits per heavy atom. The molecule has 0 spiro atoms. The second kappa shape index (κ2) is 7.31. The van der Waals surface area contributed by atoms with E-state index >= 15 is 0 Å². The molecule has 3 atom stereocenters. The molecule has 2 aliphatic rings. The maximum Gasteiger partial charge on any atom is 0.100 e. The van der Waals surface area contributed by atoms with Gasteiger partial charge >= 0.3 is 0 Å². The van der Waals surface area contributed by atoms with E-state index in [1.165, 1.54) is 6.42 Å². The van der Waals surface area contributed by atoms with Gasteiger partial charge in [-0.1, -0.05) is 0 Å². The summed E-state index contributed by atoms with van der Waals surface area (Å²) in [7, 11) is 1.75. The Kier molecular flexibility index (Phi) is 5.19. The maximum atomic E-state index is 6.13. The van der Waals surface area contributed by atoms with Crippen molar-refractivity contribution in [3.8, 4) is 0 Å². The molecule has 0 bridgehead atoms. The minimum atomic E-state index is 0.153. The van der Waals surface area contributed by atoms with Crippen molar-refractivity contribution in [1.29, 1.82) is 0 Å². The van der Waals surface area contributed by atoms with Crippen LogP contribution in [0.15, 0.2) is 24.5 Å². The standard InChI is InChI=1S/C16H24N2O3/c1-19-10-8-18-11-15(16-14(18)3-2-9-20-16)21-12-13-4-6-17-7-5-13/h4-7,14-16H,2-3,8-12H2,1H3/t14-,15-,16+/m1/s1. The van der Waals surface area contributed by atoms with E-state index in [1.807, 2.05) is 12.1 Å². The number of ether oxygens (including phenoxy) is 3. The average molecular weight is 292 g/mol. The second-order valence-electron chi connectivity index (χ2n) is 5.74. The van der Waals surface area contributed by atoms with Gasteiger partial charge in [0, 0.05) is 45.2 Å². The van der Waals surface area contributed by atoms with Crippen LogP contribution in [-0.2, 0) is 20.8 Å². The Morgan fingerprint density at radius 3 is 3.05 bits per heavy atom. The lowest BCUT2D eigenvalue weighted by Gasteiger charge is -2.32. The SMILES string of the molecule is COCCN1C[C@@H](OCc2ccncc2)[C@H]2OCCC[C@H]21. The lowest BCUT2D eigenvalue weighted by Crippen LogP contribution is -2.42. The topological polar surface area (TPSA) is 43.8 Å². The quantitative estimate of drug-likeness (QED) is 0.794. The molecule has 2 fully saturated rings. The highest BCUT2D eigenvalue weighted by Crippen LogP contribution is 2.30. The van der Waals surface area contributed by atoms with Crippen LogP contribution in [0.3, 0.4) is 0 Å². The van der Waals surface area contributed by atoms with Crippen LogP contribution in [0.5, 0.6) is 0 Å². The molecule has 1 aromatic rings. The van der Waals surface area contributed by atoms with E-state index in [4.69, 9.17) is 14.2 Å². The van der Waals surface area contributed by atoms with E-state index in [0.29, 0.717) is 12.6 Å². The van der Waals surface area contributed by atoms with Gasteiger partial charge in [0.1, 0.15) is 6.10 Å². The van der Waals surface area contributed by atoms with Crippen LogP contribution in [-0.4, -0.2) is 61.5 Å². The van der Waals surface area contributed by atoms with Crippen LogP contribution in [0, 0.1) is 0 Å². The molecule has 0 unspecified atom stereocenters. The molecule has 0 saturated carbocycles. The van der Waals surface area contributed by atoms with E-state index in [-0.39, 0.29) is 12.2 Å². The molecule has 2 aliphatic heterocycles. The first-order valence-electron chi connectivity index (χ1n) is 7.73. The van der Waals surface area contributed by atoms with E-state index in [0.717, 1.165) is 38.3 Å². The molecular formula is C16H24N2O3. The monoisotopic (exact) mass is 292 g/mol. The van der Waals surface area contributed by atoms with Crippen LogP contribution in [0.2, 0.25) is 0 Å². The summed E-state index contributed by atoms with van der Waals surface area (Å²) < 4.78 is 17.3. The molecule has 3 rings (SSSR count). The van der Waals surface area contributed by atoms with Gasteiger partial charge in [0.15, 0.2) is 0 Å². The Balaban J connectivity index is 1.59. The zero-order valence-electron chi connectivity index (χ0n) is 12.6. The molecule has 0 aromatic carbocycles. The van der Waals surface area contributed by atoms with Gasteiger partial charge < -0.3 is 14.2 Å². The van der Waals surface area contributed by atoms with Crippen LogP contribution >= 0.6 is 0 Å². The number of fused-ring (bicyclic) bond motifs is 1. The Hall–Kier alpha value is -1.01. The van der Waals surface area contributed by atoms with Crippen molar-refractivity contribution < 1.29 is 14.2 Å². The number of hydrogen-bond acceptors (Lipinski definition) is 5. The van der Waals surface area contributed by atoms with Gasteiger partial charge in [-0.05, 0) is 30.5 Å². The van der Waals surface area contributed by atoms with Crippen molar-refractivity contribution in [1.82, 2.24) is 9.88 Å². The largest absolute Gasteiger partial charge is 0.383 e. The number of hydrogen-bond donors (Lipinski definition) is 0. The minimum Gasteiger partial charge on any atom is -0.383 e. The minimum absolute atomic E-state index is 0.153. The van der Waals surface area contributed by atoms with E-state index < -0.39 is 0 Å². The molecule has 0 aliphatic carbocycles. The summed E-state index contributed by atoms with van der Waals surface area (Å²) >= 11 is 0. The summed E-state index contributed by atoms with van der Waals surface area (Å²) in [4.78, 5) is 6.50. The zero-order chi connectivity index (χ0) is 14.5. The normalized spacial score (nSPS) is 29.5. The van der Waals surface area contributed by atoms with Gasteiger partial charge in [0.05, 0.1) is 19.3 Å². The van der Waals surface area contributed by atoms with E-state index in [1.54, 1.807) is 19.5 Å². The smallest absolute Gasteiger partial charge is 0.100 e. The highest BCUT2D eigenvalue weighted by Gasteiger charge is 2.44. The lowest BCUT2D eigenvalue weighted by atomic mass is 10.0. The fraction of sp³-hybridized carbons (Fsp3) is 0.688. The number of pyridine rings is 1. The number of nitrogens with zero attached hydrogens (tertiary/aromatic N) is 2. The van der Waals surface area contributed by atoms with Gasteiger partial charge in [-0.2, -0.15) is 0 Å². The van der Waals surface area contributed by atoms with Crippen LogP contribution in [0.1, 0.15) is 18.4 Å². The zero-order valence-corrected chi connectivity index (χ0v) is 12.6. The molecule has 3 heterocycles. The number of aromatic nitrogens is 1. The molecular weight excluding hydrogens is 268 g/mol. The Bertz CT molecular complexity index is 429. The summed E-state index contributed by atoms with van der Waals surface area (Å²) in [6, 6.07) is 4.48. The summed E-state index contributed by atoms with van der Waals surface area (Å²) in [6.07, 6.45) is 6.30. The summed E-state index contributed by atoms with van der Waals surface area (Å²) in [5.41, 5.74) is 1.16. The second-order valence-corrected chi connectivity index (χ2v) is 5.74. The van der Waals surface area contributed by atoms with Gasteiger partial charge in [0.2, 0.25) is 0 Å². The molecule has 0 radical (unpaired) electrons. The fourth-order valence-electron chi connectivity index (χ4n) is 3.30. The molecule has 116 valence electrons. The van der Waals surface area contributed by atoms with Gasteiger partial charge in [0.25, 0.3) is 0 Å². The first-order valence-corrected chi connectivity index (χ1v) is 7.73. The molecule has 21 heavy (non-hydrogen) atoms. The van der Waals surface area contributed by atoms with Gasteiger partial charge in [-0.15, -0.1) is 0 Å². The van der Waals surface area contributed by atoms with Crippen molar-refractivity contribution in [3.63, 3.8) is 0 Å². The average Bonchev–Trinajstić information content (AvgIpc) is 2.90. The molecule has 2 saturated heterocycles.